The summed E-state index contributed by atoms with van der Waals surface area (Å²) in [6.45, 7) is 3.98. The standard InChI is InChI=1S/C17H20N2O2/c1-2-12-18-13-14-8-10-15(11-9-14)19-17(20)21-16-6-4-3-5-7-16/h3-11,18H,2,12-13H2,1H3,(H,19,20). The van der Waals surface area contributed by atoms with E-state index in [2.05, 4.69) is 17.6 Å². The molecule has 4 nitrogen and oxygen atoms in total. The number of hydrogen-bond donors (Lipinski definition) is 2. The maximum Gasteiger partial charge on any atom is 0.417 e. The first-order valence-corrected chi connectivity index (χ1v) is 7.11. The molecule has 110 valence electrons. The highest BCUT2D eigenvalue weighted by atomic mass is 16.6. The quantitative estimate of drug-likeness (QED) is 0.793. The molecule has 4 heteroatoms. The van der Waals surface area contributed by atoms with Crippen molar-refractivity contribution in [3.8, 4) is 5.75 Å². The van der Waals surface area contributed by atoms with Crippen molar-refractivity contribution in [1.82, 2.24) is 5.32 Å². The van der Waals surface area contributed by atoms with Crippen LogP contribution in [0.3, 0.4) is 0 Å². The Bertz CT molecular complexity index is 553. The van der Waals surface area contributed by atoms with Crippen LogP contribution in [0.25, 0.3) is 0 Å². The first kappa shape index (κ1) is 15.1. The molecule has 2 aromatic rings. The van der Waals surface area contributed by atoms with Crippen LogP contribution in [-0.2, 0) is 6.54 Å². The maximum atomic E-state index is 11.7. The van der Waals surface area contributed by atoms with E-state index in [9.17, 15) is 4.79 Å². The van der Waals surface area contributed by atoms with E-state index in [1.807, 2.05) is 42.5 Å². The normalized spacial score (nSPS) is 10.1. The molecule has 1 amide bonds. The summed E-state index contributed by atoms with van der Waals surface area (Å²) < 4.78 is 5.17. The van der Waals surface area contributed by atoms with Gasteiger partial charge < -0.3 is 10.1 Å². The van der Waals surface area contributed by atoms with Gasteiger partial charge in [-0.05, 0) is 42.8 Å². The number of benzene rings is 2. The van der Waals surface area contributed by atoms with Crippen LogP contribution in [-0.4, -0.2) is 12.6 Å². The molecule has 0 saturated heterocycles. The lowest BCUT2D eigenvalue weighted by Crippen LogP contribution is -2.17. The van der Waals surface area contributed by atoms with Crippen molar-refractivity contribution >= 4 is 11.8 Å². The van der Waals surface area contributed by atoms with Gasteiger partial charge in [0.25, 0.3) is 0 Å². The van der Waals surface area contributed by atoms with Gasteiger partial charge >= 0.3 is 6.09 Å². The van der Waals surface area contributed by atoms with E-state index < -0.39 is 6.09 Å². The number of hydrogen-bond acceptors (Lipinski definition) is 3. The zero-order valence-electron chi connectivity index (χ0n) is 12.1. The molecule has 0 fully saturated rings. The third kappa shape index (κ3) is 5.28. The Labute approximate surface area is 125 Å². The topological polar surface area (TPSA) is 50.4 Å². The second-order valence-electron chi connectivity index (χ2n) is 4.70. The van der Waals surface area contributed by atoms with Crippen molar-refractivity contribution in [3.63, 3.8) is 0 Å². The summed E-state index contributed by atoms with van der Waals surface area (Å²) in [5.74, 6) is 0.524. The summed E-state index contributed by atoms with van der Waals surface area (Å²) in [5.41, 5.74) is 1.90. The molecule has 0 bridgehead atoms. The lowest BCUT2D eigenvalue weighted by atomic mass is 10.2. The summed E-state index contributed by atoms with van der Waals surface area (Å²) in [7, 11) is 0. The number of para-hydroxylation sites is 1. The lowest BCUT2D eigenvalue weighted by molar-refractivity contribution is 0.215. The van der Waals surface area contributed by atoms with Crippen LogP contribution >= 0.6 is 0 Å². The second kappa shape index (κ2) is 8.07. The Kier molecular flexibility index (Phi) is 5.79. The van der Waals surface area contributed by atoms with Gasteiger partial charge in [-0.3, -0.25) is 5.32 Å². The Morgan fingerprint density at radius 3 is 2.43 bits per heavy atom. The predicted octanol–water partition coefficient (Wildman–Crippen LogP) is 3.80. The Balaban J connectivity index is 1.83. The van der Waals surface area contributed by atoms with Crippen LogP contribution < -0.4 is 15.4 Å². The van der Waals surface area contributed by atoms with Gasteiger partial charge in [0.15, 0.2) is 0 Å². The smallest absolute Gasteiger partial charge is 0.410 e. The van der Waals surface area contributed by atoms with Gasteiger partial charge in [0, 0.05) is 12.2 Å². The zero-order valence-corrected chi connectivity index (χ0v) is 12.1. The highest BCUT2D eigenvalue weighted by Gasteiger charge is 2.04. The first-order valence-electron chi connectivity index (χ1n) is 7.11. The average molecular weight is 284 g/mol. The first-order chi connectivity index (χ1) is 10.3. The van der Waals surface area contributed by atoms with Crippen molar-refractivity contribution in [2.24, 2.45) is 0 Å². The molecule has 0 unspecified atom stereocenters. The van der Waals surface area contributed by atoms with Crippen LogP contribution in [0.1, 0.15) is 18.9 Å². The molecule has 2 aromatic carbocycles. The predicted molar refractivity (Wildman–Crippen MR) is 84.5 cm³/mol. The van der Waals surface area contributed by atoms with E-state index in [0.717, 1.165) is 25.2 Å². The van der Waals surface area contributed by atoms with Crippen molar-refractivity contribution in [2.75, 3.05) is 11.9 Å². The van der Waals surface area contributed by atoms with Crippen LogP contribution in [0, 0.1) is 0 Å². The highest BCUT2D eigenvalue weighted by molar-refractivity contribution is 5.86. The van der Waals surface area contributed by atoms with Crippen LogP contribution in [0.15, 0.2) is 54.6 Å². The van der Waals surface area contributed by atoms with E-state index in [-0.39, 0.29) is 0 Å². The highest BCUT2D eigenvalue weighted by Crippen LogP contribution is 2.12. The van der Waals surface area contributed by atoms with E-state index in [0.29, 0.717) is 5.75 Å². The molecule has 2 rings (SSSR count). The Morgan fingerprint density at radius 1 is 1.05 bits per heavy atom. The molecule has 0 aromatic heterocycles. The summed E-state index contributed by atoms with van der Waals surface area (Å²) in [6, 6.07) is 16.7. The van der Waals surface area contributed by atoms with Gasteiger partial charge in [-0.1, -0.05) is 37.3 Å². The summed E-state index contributed by atoms with van der Waals surface area (Å²) in [5, 5.41) is 6.04. The third-order valence-electron chi connectivity index (χ3n) is 2.91. The minimum absolute atomic E-state index is 0.488. The molecule has 0 atom stereocenters. The molecule has 0 heterocycles. The largest absolute Gasteiger partial charge is 0.417 e. The van der Waals surface area contributed by atoms with Gasteiger partial charge in [0.05, 0.1) is 0 Å². The van der Waals surface area contributed by atoms with Crippen molar-refractivity contribution < 1.29 is 9.53 Å². The second-order valence-corrected chi connectivity index (χ2v) is 4.70. The fourth-order valence-corrected chi connectivity index (χ4v) is 1.85. The molecule has 0 aliphatic rings. The van der Waals surface area contributed by atoms with Crippen molar-refractivity contribution in [1.29, 1.82) is 0 Å². The van der Waals surface area contributed by atoms with E-state index in [4.69, 9.17) is 4.74 Å². The van der Waals surface area contributed by atoms with Crippen LogP contribution in [0.5, 0.6) is 5.75 Å². The lowest BCUT2D eigenvalue weighted by Gasteiger charge is -2.08. The molecule has 0 spiro atoms. The van der Waals surface area contributed by atoms with Gasteiger partial charge in [-0.2, -0.15) is 0 Å². The van der Waals surface area contributed by atoms with Crippen LogP contribution in [0.4, 0.5) is 10.5 Å². The molecule has 2 N–H and O–H groups in total. The summed E-state index contributed by atoms with van der Waals surface area (Å²) in [6.07, 6.45) is 0.628. The molecular weight excluding hydrogens is 264 g/mol. The zero-order chi connectivity index (χ0) is 14.9. The minimum atomic E-state index is -0.488. The molecular formula is C17H20N2O2. The molecule has 21 heavy (non-hydrogen) atoms. The summed E-state index contributed by atoms with van der Waals surface area (Å²) in [4.78, 5) is 11.7. The van der Waals surface area contributed by atoms with Gasteiger partial charge in [-0.15, -0.1) is 0 Å². The van der Waals surface area contributed by atoms with Gasteiger partial charge in [0.1, 0.15) is 5.75 Å². The van der Waals surface area contributed by atoms with Crippen LogP contribution in [0.2, 0.25) is 0 Å². The number of amides is 1. The van der Waals surface area contributed by atoms with Crippen molar-refractivity contribution in [2.45, 2.75) is 19.9 Å². The monoisotopic (exact) mass is 284 g/mol. The Morgan fingerprint density at radius 2 is 1.76 bits per heavy atom. The molecule has 0 saturated carbocycles. The van der Waals surface area contributed by atoms with E-state index in [1.54, 1.807) is 12.1 Å². The fourth-order valence-electron chi connectivity index (χ4n) is 1.85. The molecule has 0 radical (unpaired) electrons. The number of rotatable bonds is 6. The number of nitrogens with one attached hydrogen (secondary N) is 2. The molecule has 0 aliphatic carbocycles. The minimum Gasteiger partial charge on any atom is -0.410 e. The maximum absolute atomic E-state index is 11.7. The number of carbonyl (C=O) groups is 1. The number of ether oxygens (including phenoxy) is 1. The third-order valence-corrected chi connectivity index (χ3v) is 2.91. The van der Waals surface area contributed by atoms with E-state index >= 15 is 0 Å². The van der Waals surface area contributed by atoms with E-state index in [1.165, 1.54) is 5.56 Å². The number of carbonyl (C=O) groups excluding carboxylic acids is 1. The Hall–Kier alpha value is -2.33. The average Bonchev–Trinajstić information content (AvgIpc) is 2.50. The van der Waals surface area contributed by atoms with Gasteiger partial charge in [0.2, 0.25) is 0 Å². The molecule has 0 aliphatic heterocycles. The van der Waals surface area contributed by atoms with Gasteiger partial charge in [-0.25, -0.2) is 4.79 Å². The van der Waals surface area contributed by atoms with Crippen molar-refractivity contribution in [3.05, 3.63) is 60.2 Å². The SMILES string of the molecule is CCCNCc1ccc(NC(=O)Oc2ccccc2)cc1. The fraction of sp³-hybridized carbons (Fsp3) is 0.235. The number of anilines is 1. The summed E-state index contributed by atoms with van der Waals surface area (Å²) >= 11 is 0.